The molecule has 2 aromatic carbocycles. The predicted octanol–water partition coefficient (Wildman–Crippen LogP) is 3.22. The van der Waals surface area contributed by atoms with E-state index in [9.17, 15) is 13.6 Å². The third-order valence-corrected chi connectivity index (χ3v) is 3.12. The van der Waals surface area contributed by atoms with Gasteiger partial charge in [0.25, 0.3) is 0 Å². The number of carbonyl (C=O) groups is 1. The van der Waals surface area contributed by atoms with E-state index in [0.29, 0.717) is 11.8 Å². The summed E-state index contributed by atoms with van der Waals surface area (Å²) in [6, 6.07) is 5.70. The topological polar surface area (TPSA) is 44.8 Å². The highest BCUT2D eigenvalue weighted by atomic mass is 19.1. The minimum absolute atomic E-state index is 0.0886. The summed E-state index contributed by atoms with van der Waals surface area (Å²) in [7, 11) is 4.20. The van der Waals surface area contributed by atoms with Gasteiger partial charge in [-0.2, -0.15) is 0 Å². The van der Waals surface area contributed by atoms with E-state index in [1.54, 1.807) is 0 Å². The largest absolute Gasteiger partial charge is 0.493 e. The summed E-state index contributed by atoms with van der Waals surface area (Å²) < 4.78 is 42.2. The molecule has 0 saturated heterocycles. The first-order valence-corrected chi connectivity index (χ1v) is 6.32. The molecule has 0 atom stereocenters. The van der Waals surface area contributed by atoms with Crippen LogP contribution in [0.3, 0.4) is 0 Å². The van der Waals surface area contributed by atoms with Gasteiger partial charge < -0.3 is 14.2 Å². The second-order valence-electron chi connectivity index (χ2n) is 4.34. The molecule has 0 saturated carbocycles. The quantitative estimate of drug-likeness (QED) is 0.796. The monoisotopic (exact) mass is 308 g/mol. The molecule has 4 nitrogen and oxygen atoms in total. The molecule has 2 aromatic rings. The summed E-state index contributed by atoms with van der Waals surface area (Å²) in [4.78, 5) is 12.5. The van der Waals surface area contributed by atoms with Crippen LogP contribution >= 0.6 is 0 Å². The van der Waals surface area contributed by atoms with Gasteiger partial charge in [-0.1, -0.05) is 0 Å². The third kappa shape index (κ3) is 2.72. The summed E-state index contributed by atoms with van der Waals surface area (Å²) in [5.41, 5.74) is -0.169. The number of ketones is 1. The van der Waals surface area contributed by atoms with Crippen molar-refractivity contribution in [3.8, 4) is 17.2 Å². The first-order chi connectivity index (χ1) is 10.5. The average Bonchev–Trinajstić information content (AvgIpc) is 2.52. The van der Waals surface area contributed by atoms with Crippen LogP contribution in [0, 0.1) is 11.6 Å². The maximum Gasteiger partial charge on any atom is 0.204 e. The third-order valence-electron chi connectivity index (χ3n) is 3.12. The van der Waals surface area contributed by atoms with Crippen LogP contribution in [0.25, 0.3) is 0 Å². The SMILES string of the molecule is COc1ccc(C(=O)c2ccc(F)cc2F)c(OC)c1OC. The van der Waals surface area contributed by atoms with Crippen LogP contribution in [0.4, 0.5) is 8.78 Å². The summed E-state index contributed by atoms with van der Waals surface area (Å²) in [6.07, 6.45) is 0. The summed E-state index contributed by atoms with van der Waals surface area (Å²) in [6.45, 7) is 0. The lowest BCUT2D eigenvalue weighted by atomic mass is 10.0. The Balaban J connectivity index is 2.58. The number of hydrogen-bond donors (Lipinski definition) is 0. The number of halogens is 2. The van der Waals surface area contributed by atoms with Gasteiger partial charge in [0.15, 0.2) is 17.3 Å². The van der Waals surface area contributed by atoms with Gasteiger partial charge in [0.2, 0.25) is 5.75 Å². The van der Waals surface area contributed by atoms with Gasteiger partial charge in [-0.3, -0.25) is 4.79 Å². The molecule has 2 rings (SSSR count). The zero-order chi connectivity index (χ0) is 16.3. The normalized spacial score (nSPS) is 10.2. The Morgan fingerprint density at radius 1 is 0.864 bits per heavy atom. The summed E-state index contributed by atoms with van der Waals surface area (Å²) >= 11 is 0. The van der Waals surface area contributed by atoms with Gasteiger partial charge >= 0.3 is 0 Å². The Bertz CT molecular complexity index is 714. The van der Waals surface area contributed by atoms with Gasteiger partial charge in [-0.05, 0) is 24.3 Å². The van der Waals surface area contributed by atoms with Gasteiger partial charge in [0.1, 0.15) is 11.6 Å². The number of methoxy groups -OCH3 is 3. The Kier molecular flexibility index (Phi) is 4.60. The highest BCUT2D eigenvalue weighted by Crippen LogP contribution is 2.40. The Labute approximate surface area is 126 Å². The van der Waals surface area contributed by atoms with E-state index in [-0.39, 0.29) is 22.6 Å². The van der Waals surface area contributed by atoms with Crippen molar-refractivity contribution in [2.75, 3.05) is 21.3 Å². The minimum Gasteiger partial charge on any atom is -0.493 e. The van der Waals surface area contributed by atoms with Crippen LogP contribution in [0.1, 0.15) is 15.9 Å². The highest BCUT2D eigenvalue weighted by molar-refractivity contribution is 6.11. The van der Waals surface area contributed by atoms with Crippen molar-refractivity contribution in [3.05, 3.63) is 53.1 Å². The number of carbonyl (C=O) groups excluding carboxylic acids is 1. The van der Waals surface area contributed by atoms with E-state index >= 15 is 0 Å². The minimum atomic E-state index is -0.943. The fourth-order valence-electron chi connectivity index (χ4n) is 2.10. The van der Waals surface area contributed by atoms with Crippen molar-refractivity contribution < 1.29 is 27.8 Å². The van der Waals surface area contributed by atoms with Gasteiger partial charge in [0.05, 0.1) is 32.5 Å². The Morgan fingerprint density at radius 2 is 1.50 bits per heavy atom. The molecule has 0 bridgehead atoms. The van der Waals surface area contributed by atoms with Crippen molar-refractivity contribution in [2.45, 2.75) is 0 Å². The molecule has 6 heteroatoms. The first kappa shape index (κ1) is 15.8. The van der Waals surface area contributed by atoms with Crippen molar-refractivity contribution >= 4 is 5.78 Å². The molecule has 0 spiro atoms. The van der Waals surface area contributed by atoms with Crippen LogP contribution in [0.15, 0.2) is 30.3 Å². The van der Waals surface area contributed by atoms with Crippen LogP contribution in [-0.4, -0.2) is 27.1 Å². The number of rotatable bonds is 5. The second-order valence-corrected chi connectivity index (χ2v) is 4.34. The van der Waals surface area contributed by atoms with Crippen molar-refractivity contribution in [1.29, 1.82) is 0 Å². The molecule has 0 aliphatic rings. The van der Waals surface area contributed by atoms with Crippen molar-refractivity contribution in [2.24, 2.45) is 0 Å². The molecule has 0 aliphatic carbocycles. The zero-order valence-electron chi connectivity index (χ0n) is 12.3. The molecule has 0 amide bonds. The fraction of sp³-hybridized carbons (Fsp3) is 0.188. The molecule has 0 unspecified atom stereocenters. The van der Waals surface area contributed by atoms with E-state index in [1.165, 1.54) is 33.5 Å². The number of hydrogen-bond acceptors (Lipinski definition) is 4. The molecule has 22 heavy (non-hydrogen) atoms. The summed E-state index contributed by atoms with van der Waals surface area (Å²) in [5, 5.41) is 0. The molecule has 0 aromatic heterocycles. The smallest absolute Gasteiger partial charge is 0.204 e. The molecule has 0 N–H and O–H groups in total. The van der Waals surface area contributed by atoms with E-state index in [2.05, 4.69) is 0 Å². The van der Waals surface area contributed by atoms with Crippen LogP contribution in [0.2, 0.25) is 0 Å². The highest BCUT2D eigenvalue weighted by Gasteiger charge is 2.23. The molecule has 0 aliphatic heterocycles. The zero-order valence-corrected chi connectivity index (χ0v) is 12.3. The Morgan fingerprint density at radius 3 is 2.05 bits per heavy atom. The molecular formula is C16H14F2O4. The standard InChI is InChI=1S/C16H14F2O4/c1-20-13-7-6-11(15(21-2)16(13)22-3)14(19)10-5-4-9(17)8-12(10)18/h4-8H,1-3H3. The van der Waals surface area contributed by atoms with Crippen molar-refractivity contribution in [1.82, 2.24) is 0 Å². The fourth-order valence-corrected chi connectivity index (χ4v) is 2.10. The number of benzene rings is 2. The van der Waals surface area contributed by atoms with Crippen molar-refractivity contribution in [3.63, 3.8) is 0 Å². The molecule has 0 fully saturated rings. The molecule has 0 heterocycles. The van der Waals surface area contributed by atoms with E-state index in [0.717, 1.165) is 12.1 Å². The number of ether oxygens (including phenoxy) is 3. The lowest BCUT2D eigenvalue weighted by molar-refractivity contribution is 0.103. The predicted molar refractivity (Wildman–Crippen MR) is 75.9 cm³/mol. The van der Waals surface area contributed by atoms with Crippen LogP contribution in [0.5, 0.6) is 17.2 Å². The maximum absolute atomic E-state index is 13.8. The molecule has 0 radical (unpaired) electrons. The van der Waals surface area contributed by atoms with Crippen LogP contribution < -0.4 is 14.2 Å². The second kappa shape index (κ2) is 6.43. The van der Waals surface area contributed by atoms with E-state index in [4.69, 9.17) is 14.2 Å². The average molecular weight is 308 g/mol. The van der Waals surface area contributed by atoms with E-state index < -0.39 is 17.4 Å². The van der Waals surface area contributed by atoms with Gasteiger partial charge in [-0.25, -0.2) is 8.78 Å². The Hall–Kier alpha value is -2.63. The van der Waals surface area contributed by atoms with Crippen LogP contribution in [-0.2, 0) is 0 Å². The van der Waals surface area contributed by atoms with E-state index in [1.807, 2.05) is 0 Å². The van der Waals surface area contributed by atoms with Gasteiger partial charge in [0, 0.05) is 6.07 Å². The molecular weight excluding hydrogens is 294 g/mol. The van der Waals surface area contributed by atoms with Gasteiger partial charge in [-0.15, -0.1) is 0 Å². The maximum atomic E-state index is 13.8. The lowest BCUT2D eigenvalue weighted by Crippen LogP contribution is -2.08. The summed E-state index contributed by atoms with van der Waals surface area (Å²) in [5.74, 6) is -1.63. The first-order valence-electron chi connectivity index (χ1n) is 6.32. The lowest BCUT2D eigenvalue weighted by Gasteiger charge is -2.15. The molecule has 116 valence electrons.